The fraction of sp³-hybridized carbons (Fsp3) is 0.235. The van der Waals surface area contributed by atoms with Crippen molar-refractivity contribution in [3.63, 3.8) is 0 Å². The van der Waals surface area contributed by atoms with Crippen LogP contribution < -0.4 is 9.44 Å². The number of hydrogen-bond acceptors (Lipinski definition) is 7. The predicted octanol–water partition coefficient (Wildman–Crippen LogP) is 1.74. The molecule has 10 nitrogen and oxygen atoms in total. The molecule has 0 unspecified atom stereocenters. The molecule has 0 saturated carbocycles. The van der Waals surface area contributed by atoms with Crippen molar-refractivity contribution >= 4 is 31.7 Å². The molecule has 0 aliphatic heterocycles. The summed E-state index contributed by atoms with van der Waals surface area (Å²) >= 11 is 0. The first-order valence-corrected chi connectivity index (χ1v) is 11.4. The smallest absolute Gasteiger partial charge is 0.265 e. The first-order chi connectivity index (χ1) is 13.5. The molecular weight excluding hydrogens is 416 g/mol. The van der Waals surface area contributed by atoms with Gasteiger partial charge in [0.1, 0.15) is 4.90 Å². The standard InChI is InChI=1S/C17H20N6O4S2/c1-11-9-10-18-17(19-11)22-28(24,25)15-7-5-14(6-8-15)21-29(26,27)16-12(2)20-23(4)13(16)3/h5-10,21H,1-4H3,(H,18,19,22). The summed E-state index contributed by atoms with van der Waals surface area (Å²) in [5.74, 6) is -0.0442. The lowest BCUT2D eigenvalue weighted by molar-refractivity contribution is 0.599. The molecule has 3 rings (SSSR count). The molecule has 29 heavy (non-hydrogen) atoms. The first kappa shape index (κ1) is 20.7. The van der Waals surface area contributed by atoms with Crippen molar-refractivity contribution in [1.29, 1.82) is 0 Å². The Bertz CT molecular complexity index is 1270. The molecule has 12 heteroatoms. The number of anilines is 2. The maximum Gasteiger partial charge on any atom is 0.265 e. The zero-order valence-electron chi connectivity index (χ0n) is 16.2. The molecule has 154 valence electrons. The van der Waals surface area contributed by atoms with Crippen molar-refractivity contribution in [3.8, 4) is 0 Å². The fourth-order valence-electron chi connectivity index (χ4n) is 2.73. The highest BCUT2D eigenvalue weighted by Gasteiger charge is 2.24. The van der Waals surface area contributed by atoms with Crippen LogP contribution in [0.2, 0.25) is 0 Å². The fourth-order valence-corrected chi connectivity index (χ4v) is 5.18. The van der Waals surface area contributed by atoms with E-state index in [9.17, 15) is 16.8 Å². The van der Waals surface area contributed by atoms with Gasteiger partial charge in [-0.05, 0) is 51.1 Å². The minimum absolute atomic E-state index is 0.0442. The second-order valence-corrected chi connectivity index (χ2v) is 9.68. The molecule has 0 atom stereocenters. The van der Waals surface area contributed by atoms with E-state index in [0.717, 1.165) is 0 Å². The summed E-state index contributed by atoms with van der Waals surface area (Å²) in [6.45, 7) is 4.98. The molecule has 0 fully saturated rings. The van der Waals surface area contributed by atoms with E-state index < -0.39 is 20.0 Å². The summed E-state index contributed by atoms with van der Waals surface area (Å²) in [5.41, 5.74) is 1.71. The summed E-state index contributed by atoms with van der Waals surface area (Å²) in [5, 5.41) is 4.11. The van der Waals surface area contributed by atoms with E-state index in [-0.39, 0.29) is 21.4 Å². The first-order valence-electron chi connectivity index (χ1n) is 8.45. The lowest BCUT2D eigenvalue weighted by Gasteiger charge is -2.10. The zero-order valence-corrected chi connectivity index (χ0v) is 17.8. The Morgan fingerprint density at radius 2 is 1.55 bits per heavy atom. The van der Waals surface area contributed by atoms with Crippen molar-refractivity contribution in [1.82, 2.24) is 19.7 Å². The maximum atomic E-state index is 12.7. The molecular formula is C17H20N6O4S2. The van der Waals surface area contributed by atoms with E-state index in [4.69, 9.17) is 0 Å². The van der Waals surface area contributed by atoms with Crippen LogP contribution in [0, 0.1) is 20.8 Å². The lowest BCUT2D eigenvalue weighted by atomic mass is 10.3. The molecule has 0 amide bonds. The summed E-state index contributed by atoms with van der Waals surface area (Å²) in [6, 6.07) is 6.96. The SMILES string of the molecule is Cc1ccnc(NS(=O)(=O)c2ccc(NS(=O)(=O)c3c(C)nn(C)c3C)cc2)n1. The highest BCUT2D eigenvalue weighted by atomic mass is 32.2. The van der Waals surface area contributed by atoms with Gasteiger partial charge in [-0.2, -0.15) is 5.10 Å². The molecule has 0 bridgehead atoms. The van der Waals surface area contributed by atoms with E-state index >= 15 is 0 Å². The molecule has 0 radical (unpaired) electrons. The molecule has 1 aromatic carbocycles. The van der Waals surface area contributed by atoms with E-state index in [0.29, 0.717) is 17.1 Å². The third kappa shape index (κ3) is 4.38. The molecule has 0 spiro atoms. The number of hydrogen-bond donors (Lipinski definition) is 2. The minimum atomic E-state index is -3.92. The van der Waals surface area contributed by atoms with Crippen molar-refractivity contribution < 1.29 is 16.8 Å². The lowest BCUT2D eigenvalue weighted by Crippen LogP contribution is -2.16. The number of nitrogens with zero attached hydrogens (tertiary/aromatic N) is 4. The van der Waals surface area contributed by atoms with Gasteiger partial charge in [0.2, 0.25) is 5.95 Å². The van der Waals surface area contributed by atoms with Crippen LogP contribution in [-0.2, 0) is 27.1 Å². The van der Waals surface area contributed by atoms with E-state index in [2.05, 4.69) is 24.5 Å². The van der Waals surface area contributed by atoms with Crippen LogP contribution in [0.4, 0.5) is 11.6 Å². The molecule has 3 aromatic rings. The highest BCUT2D eigenvalue weighted by molar-refractivity contribution is 7.93. The normalized spacial score (nSPS) is 12.0. The van der Waals surface area contributed by atoms with Crippen LogP contribution in [0.1, 0.15) is 17.1 Å². The molecule has 2 aromatic heterocycles. The number of rotatable bonds is 6. The van der Waals surface area contributed by atoms with Gasteiger partial charge in [0.25, 0.3) is 20.0 Å². The number of aryl methyl sites for hydroxylation is 3. The van der Waals surface area contributed by atoms with Gasteiger partial charge in [-0.25, -0.2) is 31.5 Å². The van der Waals surface area contributed by atoms with Crippen LogP contribution in [0.5, 0.6) is 0 Å². The molecule has 2 N–H and O–H groups in total. The van der Waals surface area contributed by atoms with Gasteiger partial charge in [-0.1, -0.05) is 0 Å². The van der Waals surface area contributed by atoms with E-state index in [1.165, 1.54) is 35.1 Å². The second-order valence-electron chi connectivity index (χ2n) is 6.38. The zero-order chi connectivity index (χ0) is 21.4. The molecule has 0 aliphatic rings. The van der Waals surface area contributed by atoms with Gasteiger partial charge in [0.15, 0.2) is 0 Å². The number of nitrogens with one attached hydrogen (secondary N) is 2. The second kappa shape index (κ2) is 7.44. The summed E-state index contributed by atoms with van der Waals surface area (Å²) in [4.78, 5) is 7.90. The third-order valence-corrected chi connectivity index (χ3v) is 7.13. The Hall–Kier alpha value is -2.99. The summed E-state index contributed by atoms with van der Waals surface area (Å²) in [7, 11) is -6.13. The van der Waals surface area contributed by atoms with Crippen LogP contribution in [0.15, 0.2) is 46.3 Å². The van der Waals surface area contributed by atoms with E-state index in [1.54, 1.807) is 33.9 Å². The topological polar surface area (TPSA) is 136 Å². The Balaban J connectivity index is 1.83. The highest BCUT2D eigenvalue weighted by Crippen LogP contribution is 2.23. The summed E-state index contributed by atoms with van der Waals surface area (Å²) in [6.07, 6.45) is 1.44. The predicted molar refractivity (Wildman–Crippen MR) is 108 cm³/mol. The quantitative estimate of drug-likeness (QED) is 0.600. The average Bonchev–Trinajstić information content (AvgIpc) is 2.87. The maximum absolute atomic E-state index is 12.7. The molecule has 0 saturated heterocycles. The Kier molecular flexibility index (Phi) is 5.32. The van der Waals surface area contributed by atoms with Crippen molar-refractivity contribution in [2.75, 3.05) is 9.44 Å². The van der Waals surface area contributed by atoms with Gasteiger partial charge in [-0.3, -0.25) is 9.40 Å². The molecule has 2 heterocycles. The Morgan fingerprint density at radius 1 is 0.897 bits per heavy atom. The van der Waals surface area contributed by atoms with Crippen molar-refractivity contribution in [3.05, 3.63) is 53.6 Å². The van der Waals surface area contributed by atoms with Crippen LogP contribution >= 0.6 is 0 Å². The van der Waals surface area contributed by atoms with Crippen LogP contribution in [-0.4, -0.2) is 36.6 Å². The van der Waals surface area contributed by atoms with Crippen molar-refractivity contribution in [2.45, 2.75) is 30.6 Å². The Morgan fingerprint density at radius 3 is 2.10 bits per heavy atom. The van der Waals surface area contributed by atoms with Gasteiger partial charge in [-0.15, -0.1) is 0 Å². The largest absolute Gasteiger partial charge is 0.280 e. The van der Waals surface area contributed by atoms with Gasteiger partial charge >= 0.3 is 0 Å². The Labute approximate surface area is 169 Å². The monoisotopic (exact) mass is 436 g/mol. The number of sulfonamides is 2. The minimum Gasteiger partial charge on any atom is -0.280 e. The van der Waals surface area contributed by atoms with Crippen LogP contribution in [0.25, 0.3) is 0 Å². The summed E-state index contributed by atoms with van der Waals surface area (Å²) < 4.78 is 56.6. The average molecular weight is 437 g/mol. The van der Waals surface area contributed by atoms with Gasteiger partial charge in [0, 0.05) is 24.6 Å². The molecule has 0 aliphatic carbocycles. The third-order valence-electron chi connectivity index (χ3n) is 4.15. The number of aromatic nitrogens is 4. The van der Waals surface area contributed by atoms with Crippen molar-refractivity contribution in [2.24, 2.45) is 7.05 Å². The van der Waals surface area contributed by atoms with Crippen LogP contribution in [0.3, 0.4) is 0 Å². The van der Waals surface area contributed by atoms with Gasteiger partial charge < -0.3 is 0 Å². The van der Waals surface area contributed by atoms with Gasteiger partial charge in [0.05, 0.1) is 16.3 Å². The number of benzene rings is 1. The van der Waals surface area contributed by atoms with E-state index in [1.807, 2.05) is 0 Å².